The summed E-state index contributed by atoms with van der Waals surface area (Å²) in [6.07, 6.45) is 0. The minimum Gasteiger partial charge on any atom is -0.377 e. The molecule has 0 radical (unpaired) electrons. The molecule has 0 heterocycles. The molecule has 4 rings (SSSR count). The van der Waals surface area contributed by atoms with Gasteiger partial charge in [-0.25, -0.2) is 0 Å². The summed E-state index contributed by atoms with van der Waals surface area (Å²) in [6, 6.07) is 26.9. The van der Waals surface area contributed by atoms with E-state index in [2.05, 4.69) is 0 Å². The third-order valence-corrected chi connectivity index (χ3v) is 6.58. The number of rotatable bonds is 5. The van der Waals surface area contributed by atoms with Crippen molar-refractivity contribution in [3.05, 3.63) is 139 Å². The van der Waals surface area contributed by atoms with Crippen molar-refractivity contribution in [3.8, 4) is 0 Å². The van der Waals surface area contributed by atoms with Crippen LogP contribution in [0.5, 0.6) is 0 Å². The number of hydrogen-bond donors (Lipinski definition) is 2. The van der Waals surface area contributed by atoms with E-state index >= 15 is 0 Å². The van der Waals surface area contributed by atoms with E-state index in [0.717, 1.165) is 0 Å². The minimum absolute atomic E-state index is 0.441. The van der Waals surface area contributed by atoms with Crippen LogP contribution >= 0.6 is 46.4 Å². The Morgan fingerprint density at radius 1 is 0.344 bits per heavy atom. The van der Waals surface area contributed by atoms with Crippen LogP contribution < -0.4 is 0 Å². The van der Waals surface area contributed by atoms with E-state index in [1.807, 2.05) is 0 Å². The summed E-state index contributed by atoms with van der Waals surface area (Å²) in [5.74, 6) is 0. The van der Waals surface area contributed by atoms with Gasteiger partial charge in [0, 0.05) is 20.1 Å². The maximum absolute atomic E-state index is 12.5. The molecule has 0 aromatic heterocycles. The van der Waals surface area contributed by atoms with Crippen molar-refractivity contribution in [1.29, 1.82) is 0 Å². The molecule has 6 heteroatoms. The van der Waals surface area contributed by atoms with Gasteiger partial charge in [-0.2, -0.15) is 0 Å². The number of benzene rings is 4. The van der Waals surface area contributed by atoms with Crippen molar-refractivity contribution in [2.24, 2.45) is 0 Å². The Kier molecular flexibility index (Phi) is 6.56. The van der Waals surface area contributed by atoms with E-state index in [4.69, 9.17) is 46.4 Å². The Hall–Kier alpha value is -2.04. The fraction of sp³-hybridized carbons (Fsp3) is 0.0769. The van der Waals surface area contributed by atoms with Gasteiger partial charge in [-0.1, -0.05) is 94.9 Å². The maximum Gasteiger partial charge on any atom is 0.152 e. The molecule has 0 bridgehead atoms. The van der Waals surface area contributed by atoms with Crippen LogP contribution in [-0.4, -0.2) is 10.2 Å². The average Bonchev–Trinajstić information content (AvgIpc) is 2.80. The Labute approximate surface area is 206 Å². The molecule has 0 unspecified atom stereocenters. The second-order valence-corrected chi connectivity index (χ2v) is 9.19. The highest BCUT2D eigenvalue weighted by Crippen LogP contribution is 2.50. The third kappa shape index (κ3) is 4.04. The molecular weight excluding hydrogens is 486 g/mol. The van der Waals surface area contributed by atoms with Crippen molar-refractivity contribution in [2.75, 3.05) is 0 Å². The maximum atomic E-state index is 12.5. The fourth-order valence-electron chi connectivity index (χ4n) is 3.93. The molecule has 4 aromatic carbocycles. The van der Waals surface area contributed by atoms with E-state index in [1.165, 1.54) is 0 Å². The predicted octanol–water partition coefficient (Wildman–Crippen LogP) is 7.47. The highest BCUT2D eigenvalue weighted by molar-refractivity contribution is 6.31. The Morgan fingerprint density at radius 3 is 0.656 bits per heavy atom. The predicted molar refractivity (Wildman–Crippen MR) is 132 cm³/mol. The summed E-state index contributed by atoms with van der Waals surface area (Å²) >= 11 is 24.5. The molecule has 162 valence electrons. The van der Waals surface area contributed by atoms with Gasteiger partial charge >= 0.3 is 0 Å². The highest BCUT2D eigenvalue weighted by Gasteiger charge is 2.54. The zero-order valence-corrected chi connectivity index (χ0v) is 19.7. The topological polar surface area (TPSA) is 40.5 Å². The zero-order valence-electron chi connectivity index (χ0n) is 16.6. The van der Waals surface area contributed by atoms with Gasteiger partial charge in [-0.05, 0) is 70.8 Å². The van der Waals surface area contributed by atoms with Gasteiger partial charge in [0.1, 0.15) is 0 Å². The van der Waals surface area contributed by atoms with Gasteiger partial charge < -0.3 is 10.2 Å². The summed E-state index contributed by atoms with van der Waals surface area (Å²) in [4.78, 5) is 0. The molecule has 0 spiro atoms. The number of aliphatic hydroxyl groups is 2. The second-order valence-electron chi connectivity index (χ2n) is 7.45. The monoisotopic (exact) mass is 502 g/mol. The first-order valence-electron chi connectivity index (χ1n) is 9.74. The first-order chi connectivity index (χ1) is 15.2. The molecule has 0 aliphatic heterocycles. The molecule has 0 atom stereocenters. The van der Waals surface area contributed by atoms with Crippen LogP contribution in [0.1, 0.15) is 22.3 Å². The van der Waals surface area contributed by atoms with Crippen molar-refractivity contribution >= 4 is 46.4 Å². The highest BCUT2D eigenvalue weighted by atomic mass is 35.5. The lowest BCUT2D eigenvalue weighted by molar-refractivity contribution is -0.113. The first kappa shape index (κ1) is 23.1. The Morgan fingerprint density at radius 2 is 0.500 bits per heavy atom. The fourth-order valence-corrected chi connectivity index (χ4v) is 4.44. The number of halogens is 4. The third-order valence-electron chi connectivity index (χ3n) is 5.57. The Bertz CT molecular complexity index is 1010. The van der Waals surface area contributed by atoms with Crippen molar-refractivity contribution < 1.29 is 10.2 Å². The molecule has 0 saturated carbocycles. The van der Waals surface area contributed by atoms with Crippen LogP contribution in [-0.2, 0) is 11.2 Å². The molecule has 32 heavy (non-hydrogen) atoms. The van der Waals surface area contributed by atoms with Gasteiger partial charge in [0.15, 0.2) is 11.2 Å². The smallest absolute Gasteiger partial charge is 0.152 e. The molecule has 4 aromatic rings. The molecule has 0 aliphatic rings. The summed E-state index contributed by atoms with van der Waals surface area (Å²) in [5, 5.41) is 27.0. The van der Waals surface area contributed by atoms with Gasteiger partial charge in [0.05, 0.1) is 0 Å². The zero-order chi connectivity index (χ0) is 22.9. The summed E-state index contributed by atoms with van der Waals surface area (Å²) in [7, 11) is 0. The van der Waals surface area contributed by atoms with E-state index in [-0.39, 0.29) is 0 Å². The second kappa shape index (κ2) is 9.07. The molecule has 0 amide bonds. The standard InChI is InChI=1S/C26H18Cl4O2/c27-21-9-1-17(2-10-21)25(31,18-3-11-22(28)12-4-18)26(32,19-5-13-23(29)14-6-19)20-7-15-24(30)16-8-20/h1-16,31-32H. The summed E-state index contributed by atoms with van der Waals surface area (Å²) in [6.45, 7) is 0. The lowest BCUT2D eigenvalue weighted by Gasteiger charge is -2.45. The largest absolute Gasteiger partial charge is 0.377 e. The molecule has 2 N–H and O–H groups in total. The van der Waals surface area contributed by atoms with Crippen molar-refractivity contribution in [1.82, 2.24) is 0 Å². The quantitative estimate of drug-likeness (QED) is 0.296. The summed E-state index contributed by atoms with van der Waals surface area (Å²) < 4.78 is 0. The normalized spacial score (nSPS) is 12.1. The molecule has 0 saturated heterocycles. The summed E-state index contributed by atoms with van der Waals surface area (Å²) in [5.41, 5.74) is -2.09. The van der Waals surface area contributed by atoms with E-state index in [9.17, 15) is 10.2 Å². The van der Waals surface area contributed by atoms with Crippen LogP contribution in [0, 0.1) is 0 Å². The number of hydrogen-bond acceptors (Lipinski definition) is 2. The lowest BCUT2D eigenvalue weighted by atomic mass is 9.66. The molecule has 2 nitrogen and oxygen atoms in total. The SMILES string of the molecule is OC(c1ccc(Cl)cc1)(c1ccc(Cl)cc1)C(O)(c1ccc(Cl)cc1)c1ccc(Cl)cc1. The Balaban J connectivity index is 2.09. The minimum atomic E-state index is -1.93. The first-order valence-corrected chi connectivity index (χ1v) is 11.3. The van der Waals surface area contributed by atoms with Gasteiger partial charge in [0.2, 0.25) is 0 Å². The van der Waals surface area contributed by atoms with E-state index in [0.29, 0.717) is 42.3 Å². The van der Waals surface area contributed by atoms with Crippen LogP contribution in [0.3, 0.4) is 0 Å². The average molecular weight is 504 g/mol. The van der Waals surface area contributed by atoms with E-state index < -0.39 is 11.2 Å². The molecule has 0 fully saturated rings. The van der Waals surface area contributed by atoms with Gasteiger partial charge in [-0.15, -0.1) is 0 Å². The van der Waals surface area contributed by atoms with E-state index in [1.54, 1.807) is 97.1 Å². The van der Waals surface area contributed by atoms with Crippen LogP contribution in [0.4, 0.5) is 0 Å². The lowest BCUT2D eigenvalue weighted by Crippen LogP contribution is -2.51. The molecule has 0 aliphatic carbocycles. The van der Waals surface area contributed by atoms with Crippen LogP contribution in [0.25, 0.3) is 0 Å². The van der Waals surface area contributed by atoms with Crippen LogP contribution in [0.2, 0.25) is 20.1 Å². The van der Waals surface area contributed by atoms with Crippen molar-refractivity contribution in [2.45, 2.75) is 11.2 Å². The van der Waals surface area contributed by atoms with Gasteiger partial charge in [0.25, 0.3) is 0 Å². The van der Waals surface area contributed by atoms with Crippen molar-refractivity contribution in [3.63, 3.8) is 0 Å². The van der Waals surface area contributed by atoms with Gasteiger partial charge in [-0.3, -0.25) is 0 Å². The van der Waals surface area contributed by atoms with Crippen LogP contribution in [0.15, 0.2) is 97.1 Å². The molecular formula is C26H18Cl4O2.